The number of thiazole rings is 1. The van der Waals surface area contributed by atoms with E-state index >= 15 is 0 Å². The molecule has 2 aromatic rings. The Hall–Kier alpha value is -1.36. The molecule has 0 N–H and O–H groups in total. The van der Waals surface area contributed by atoms with Crippen molar-refractivity contribution >= 4 is 22.2 Å². The summed E-state index contributed by atoms with van der Waals surface area (Å²) in [5, 5.41) is 1.95. The molecule has 0 saturated carbocycles. The van der Waals surface area contributed by atoms with Gasteiger partial charge in [0, 0.05) is 30.9 Å². The first-order valence-corrected chi connectivity index (χ1v) is 5.67. The highest BCUT2D eigenvalue weighted by atomic mass is 32.1. The van der Waals surface area contributed by atoms with Gasteiger partial charge in [-0.25, -0.2) is 4.98 Å². The molecule has 80 valence electrons. The van der Waals surface area contributed by atoms with E-state index in [4.69, 9.17) is 0 Å². The maximum Gasteiger partial charge on any atom is 0.274 e. The van der Waals surface area contributed by atoms with Gasteiger partial charge in [0.15, 0.2) is 4.96 Å². The Bertz CT molecular complexity index is 457. The Morgan fingerprint density at radius 3 is 2.93 bits per heavy atom. The molecular formula is C10H13N3OS. The van der Waals surface area contributed by atoms with Crippen molar-refractivity contribution in [1.29, 1.82) is 0 Å². The van der Waals surface area contributed by atoms with Crippen LogP contribution in [0.25, 0.3) is 4.96 Å². The Morgan fingerprint density at radius 2 is 2.33 bits per heavy atom. The number of fused-ring (bicyclic) bond motifs is 1. The van der Waals surface area contributed by atoms with Crippen LogP contribution in [-0.2, 0) is 0 Å². The van der Waals surface area contributed by atoms with Crippen LogP contribution in [-0.4, -0.2) is 33.3 Å². The lowest BCUT2D eigenvalue weighted by Gasteiger charge is -2.19. The van der Waals surface area contributed by atoms with Gasteiger partial charge in [0.05, 0.1) is 0 Å². The predicted octanol–water partition coefficient (Wildman–Crippen LogP) is 1.88. The van der Waals surface area contributed by atoms with Crippen molar-refractivity contribution in [1.82, 2.24) is 14.3 Å². The quantitative estimate of drug-likeness (QED) is 0.779. The number of nitrogens with zero attached hydrogens (tertiary/aromatic N) is 3. The van der Waals surface area contributed by atoms with Gasteiger partial charge in [-0.1, -0.05) is 0 Å². The van der Waals surface area contributed by atoms with Gasteiger partial charge in [0.2, 0.25) is 0 Å². The SMILES string of the molecule is CC(C)N(C)C(=O)c1cn2ccsc2n1. The van der Waals surface area contributed by atoms with Crippen LogP contribution in [0.4, 0.5) is 0 Å². The Balaban J connectivity index is 2.31. The minimum atomic E-state index is -0.0269. The molecule has 0 aliphatic carbocycles. The summed E-state index contributed by atoms with van der Waals surface area (Å²) < 4.78 is 1.87. The van der Waals surface area contributed by atoms with Crippen molar-refractivity contribution in [2.24, 2.45) is 0 Å². The molecule has 0 fully saturated rings. The number of imidazole rings is 1. The third kappa shape index (κ3) is 1.74. The molecule has 0 bridgehead atoms. The lowest BCUT2D eigenvalue weighted by molar-refractivity contribution is 0.0750. The molecule has 0 unspecified atom stereocenters. The third-order valence-electron chi connectivity index (χ3n) is 2.41. The van der Waals surface area contributed by atoms with Crippen molar-refractivity contribution < 1.29 is 4.79 Å². The molecule has 0 saturated heterocycles. The number of carbonyl (C=O) groups is 1. The Labute approximate surface area is 92.2 Å². The van der Waals surface area contributed by atoms with Gasteiger partial charge in [-0.05, 0) is 13.8 Å². The average Bonchev–Trinajstić information content (AvgIpc) is 2.74. The fourth-order valence-corrected chi connectivity index (χ4v) is 1.95. The summed E-state index contributed by atoms with van der Waals surface area (Å²) in [7, 11) is 1.79. The molecule has 15 heavy (non-hydrogen) atoms. The second kappa shape index (κ2) is 3.66. The zero-order chi connectivity index (χ0) is 11.0. The smallest absolute Gasteiger partial charge is 0.274 e. The van der Waals surface area contributed by atoms with E-state index in [1.54, 1.807) is 18.1 Å². The monoisotopic (exact) mass is 223 g/mol. The zero-order valence-electron chi connectivity index (χ0n) is 8.97. The van der Waals surface area contributed by atoms with Gasteiger partial charge in [-0.15, -0.1) is 11.3 Å². The van der Waals surface area contributed by atoms with Crippen LogP contribution in [0.2, 0.25) is 0 Å². The number of rotatable bonds is 2. The van der Waals surface area contributed by atoms with Gasteiger partial charge in [-0.2, -0.15) is 0 Å². The normalized spacial score (nSPS) is 11.2. The largest absolute Gasteiger partial charge is 0.338 e. The highest BCUT2D eigenvalue weighted by Crippen LogP contribution is 2.13. The molecule has 5 heteroatoms. The minimum Gasteiger partial charge on any atom is -0.338 e. The van der Waals surface area contributed by atoms with Crippen molar-refractivity contribution in [3.8, 4) is 0 Å². The van der Waals surface area contributed by atoms with E-state index < -0.39 is 0 Å². The molecule has 0 atom stereocenters. The third-order valence-corrected chi connectivity index (χ3v) is 3.18. The van der Waals surface area contributed by atoms with E-state index in [1.165, 1.54) is 11.3 Å². The molecule has 1 amide bonds. The second-order valence-corrected chi connectivity index (χ2v) is 4.60. The van der Waals surface area contributed by atoms with E-state index in [9.17, 15) is 4.79 Å². The topological polar surface area (TPSA) is 37.6 Å². The second-order valence-electron chi connectivity index (χ2n) is 3.73. The van der Waals surface area contributed by atoms with Gasteiger partial charge in [0.1, 0.15) is 5.69 Å². The number of hydrogen-bond donors (Lipinski definition) is 0. The lowest BCUT2D eigenvalue weighted by Crippen LogP contribution is -2.33. The standard InChI is InChI=1S/C10H13N3OS/c1-7(2)12(3)9(14)8-6-13-4-5-15-10(13)11-8/h4-7H,1-3H3. The van der Waals surface area contributed by atoms with Crippen molar-refractivity contribution in [3.63, 3.8) is 0 Å². The van der Waals surface area contributed by atoms with Crippen LogP contribution < -0.4 is 0 Å². The first kappa shape index (κ1) is 10.2. The van der Waals surface area contributed by atoms with E-state index in [1.807, 2.05) is 29.8 Å². The van der Waals surface area contributed by atoms with E-state index in [-0.39, 0.29) is 11.9 Å². The van der Waals surface area contributed by atoms with Crippen molar-refractivity contribution in [2.45, 2.75) is 19.9 Å². The molecule has 2 heterocycles. The summed E-state index contributed by atoms with van der Waals surface area (Å²) >= 11 is 1.53. The van der Waals surface area contributed by atoms with Gasteiger partial charge < -0.3 is 4.90 Å². The fourth-order valence-electron chi connectivity index (χ4n) is 1.25. The van der Waals surface area contributed by atoms with Gasteiger partial charge in [0.25, 0.3) is 5.91 Å². The summed E-state index contributed by atoms with van der Waals surface area (Å²) in [4.78, 5) is 18.7. The average molecular weight is 223 g/mol. The van der Waals surface area contributed by atoms with Crippen LogP contribution in [0.5, 0.6) is 0 Å². The van der Waals surface area contributed by atoms with E-state index in [0.717, 1.165) is 4.96 Å². The molecule has 0 aliphatic rings. The number of aromatic nitrogens is 2. The van der Waals surface area contributed by atoms with E-state index in [2.05, 4.69) is 4.98 Å². The number of carbonyl (C=O) groups excluding carboxylic acids is 1. The summed E-state index contributed by atoms with van der Waals surface area (Å²) in [5.74, 6) is -0.0269. The maximum atomic E-state index is 11.9. The first-order chi connectivity index (χ1) is 7.09. The highest BCUT2D eigenvalue weighted by Gasteiger charge is 2.17. The lowest BCUT2D eigenvalue weighted by atomic mass is 10.3. The minimum absolute atomic E-state index is 0.0269. The molecule has 0 spiro atoms. The first-order valence-electron chi connectivity index (χ1n) is 4.79. The molecular weight excluding hydrogens is 210 g/mol. The van der Waals surface area contributed by atoms with Crippen LogP contribution in [0, 0.1) is 0 Å². The number of amides is 1. The van der Waals surface area contributed by atoms with Crippen molar-refractivity contribution in [3.05, 3.63) is 23.5 Å². The van der Waals surface area contributed by atoms with Crippen LogP contribution in [0.15, 0.2) is 17.8 Å². The highest BCUT2D eigenvalue weighted by molar-refractivity contribution is 7.15. The van der Waals surface area contributed by atoms with Crippen LogP contribution in [0.1, 0.15) is 24.3 Å². The predicted molar refractivity (Wildman–Crippen MR) is 60.3 cm³/mol. The molecule has 0 aromatic carbocycles. The fraction of sp³-hybridized carbons (Fsp3) is 0.400. The summed E-state index contributed by atoms with van der Waals surface area (Å²) in [6.07, 6.45) is 3.67. The summed E-state index contributed by atoms with van der Waals surface area (Å²) in [6, 6.07) is 0.192. The summed E-state index contributed by atoms with van der Waals surface area (Å²) in [5.41, 5.74) is 0.512. The summed E-state index contributed by atoms with van der Waals surface area (Å²) in [6.45, 7) is 3.96. The molecule has 2 aromatic heterocycles. The van der Waals surface area contributed by atoms with Gasteiger partial charge >= 0.3 is 0 Å². The molecule has 0 aliphatic heterocycles. The molecule has 0 radical (unpaired) electrons. The van der Waals surface area contributed by atoms with Crippen LogP contribution in [0.3, 0.4) is 0 Å². The number of hydrogen-bond acceptors (Lipinski definition) is 3. The molecule has 4 nitrogen and oxygen atoms in total. The Kier molecular flexibility index (Phi) is 2.48. The zero-order valence-corrected chi connectivity index (χ0v) is 9.78. The van der Waals surface area contributed by atoms with Crippen molar-refractivity contribution in [2.75, 3.05) is 7.05 Å². The Morgan fingerprint density at radius 1 is 1.60 bits per heavy atom. The molecule has 2 rings (SSSR count). The maximum absolute atomic E-state index is 11.9. The van der Waals surface area contributed by atoms with Gasteiger partial charge in [-0.3, -0.25) is 9.20 Å². The van der Waals surface area contributed by atoms with E-state index in [0.29, 0.717) is 5.69 Å². The van der Waals surface area contributed by atoms with Crippen LogP contribution >= 0.6 is 11.3 Å².